The van der Waals surface area contributed by atoms with Gasteiger partial charge in [0.1, 0.15) is 5.82 Å². The maximum Gasteiger partial charge on any atom is 0.262 e. The van der Waals surface area contributed by atoms with E-state index in [4.69, 9.17) is 5.73 Å². The highest BCUT2D eigenvalue weighted by molar-refractivity contribution is 7.92. The monoisotopic (exact) mass is 280 g/mol. The fourth-order valence-electron chi connectivity index (χ4n) is 1.72. The minimum Gasteiger partial charge on any atom is -0.399 e. The van der Waals surface area contributed by atoms with Gasteiger partial charge in [0.2, 0.25) is 0 Å². The highest BCUT2D eigenvalue weighted by Crippen LogP contribution is 2.22. The molecule has 0 aromatic heterocycles. The Kier molecular flexibility index (Phi) is 3.44. The van der Waals surface area contributed by atoms with Crippen molar-refractivity contribution in [2.45, 2.75) is 11.8 Å². The van der Waals surface area contributed by atoms with Gasteiger partial charge in [0.15, 0.2) is 0 Å². The van der Waals surface area contributed by atoms with E-state index < -0.39 is 15.8 Å². The van der Waals surface area contributed by atoms with Crippen LogP contribution < -0.4 is 10.5 Å². The molecule has 0 aliphatic rings. The van der Waals surface area contributed by atoms with Crippen molar-refractivity contribution in [1.82, 2.24) is 0 Å². The third-order valence-corrected chi connectivity index (χ3v) is 4.13. The Balaban J connectivity index is 2.41. The van der Waals surface area contributed by atoms with Crippen LogP contribution in [0.4, 0.5) is 15.8 Å². The minimum atomic E-state index is -3.83. The summed E-state index contributed by atoms with van der Waals surface area (Å²) < 4.78 is 40.0. The van der Waals surface area contributed by atoms with Crippen LogP contribution in [-0.4, -0.2) is 8.42 Å². The molecule has 2 aromatic carbocycles. The zero-order valence-electron chi connectivity index (χ0n) is 10.2. The highest BCUT2D eigenvalue weighted by Gasteiger charge is 2.18. The van der Waals surface area contributed by atoms with Crippen LogP contribution in [0.3, 0.4) is 0 Å². The molecule has 0 amide bonds. The molecule has 3 N–H and O–H groups in total. The molecule has 2 aromatic rings. The Morgan fingerprint density at radius 3 is 2.47 bits per heavy atom. The molecule has 0 aliphatic heterocycles. The van der Waals surface area contributed by atoms with Crippen molar-refractivity contribution in [2.75, 3.05) is 10.5 Å². The lowest BCUT2D eigenvalue weighted by molar-refractivity contribution is 0.598. The third-order valence-electron chi connectivity index (χ3n) is 2.61. The second-order valence-corrected chi connectivity index (χ2v) is 5.76. The van der Waals surface area contributed by atoms with Gasteiger partial charge in [-0.2, -0.15) is 0 Å². The Labute approximate surface area is 111 Å². The number of nitrogens with one attached hydrogen (secondary N) is 1. The normalized spacial score (nSPS) is 11.3. The fraction of sp³-hybridized carbons (Fsp3) is 0.0769. The average Bonchev–Trinajstić information content (AvgIpc) is 2.31. The van der Waals surface area contributed by atoms with Crippen LogP contribution >= 0.6 is 0 Å². The van der Waals surface area contributed by atoms with E-state index in [-0.39, 0.29) is 10.6 Å². The lowest BCUT2D eigenvalue weighted by Crippen LogP contribution is -2.15. The molecule has 0 bridgehead atoms. The number of anilines is 2. The van der Waals surface area contributed by atoms with Crippen molar-refractivity contribution in [3.8, 4) is 0 Å². The van der Waals surface area contributed by atoms with Gasteiger partial charge in [-0.3, -0.25) is 4.72 Å². The predicted molar refractivity (Wildman–Crippen MR) is 72.8 cm³/mol. The van der Waals surface area contributed by atoms with Crippen LogP contribution in [0.25, 0.3) is 0 Å². The summed E-state index contributed by atoms with van der Waals surface area (Å²) in [5, 5.41) is 0. The fourth-order valence-corrected chi connectivity index (χ4v) is 3.01. The summed E-state index contributed by atoms with van der Waals surface area (Å²) >= 11 is 0. The van der Waals surface area contributed by atoms with Gasteiger partial charge in [0, 0.05) is 5.69 Å². The Hall–Kier alpha value is -2.08. The first-order valence-electron chi connectivity index (χ1n) is 5.53. The molecule has 6 heteroatoms. The van der Waals surface area contributed by atoms with E-state index in [1.54, 1.807) is 19.1 Å². The van der Waals surface area contributed by atoms with Gasteiger partial charge in [-0.1, -0.05) is 12.1 Å². The first-order valence-corrected chi connectivity index (χ1v) is 7.02. The molecule has 4 nitrogen and oxygen atoms in total. The SMILES string of the molecule is Cc1cc(N)ccc1S(=O)(=O)Nc1ccccc1F. The molecule has 0 radical (unpaired) electrons. The molecule has 0 heterocycles. The van der Waals surface area contributed by atoms with E-state index >= 15 is 0 Å². The molecule has 19 heavy (non-hydrogen) atoms. The quantitative estimate of drug-likeness (QED) is 0.848. The number of aryl methyl sites for hydroxylation is 1. The first-order chi connectivity index (χ1) is 8.90. The number of halogens is 1. The van der Waals surface area contributed by atoms with Crippen molar-refractivity contribution >= 4 is 21.4 Å². The molecule has 0 spiro atoms. The van der Waals surface area contributed by atoms with Gasteiger partial charge < -0.3 is 5.73 Å². The number of nitrogen functional groups attached to an aromatic ring is 1. The molecular formula is C13H13FN2O2S. The summed E-state index contributed by atoms with van der Waals surface area (Å²) in [4.78, 5) is 0.0740. The Morgan fingerprint density at radius 1 is 1.16 bits per heavy atom. The zero-order chi connectivity index (χ0) is 14.0. The van der Waals surface area contributed by atoms with E-state index in [0.29, 0.717) is 11.3 Å². The van der Waals surface area contributed by atoms with E-state index in [1.807, 2.05) is 0 Å². The third kappa shape index (κ3) is 2.85. The number of hydrogen-bond donors (Lipinski definition) is 2. The summed E-state index contributed by atoms with van der Waals surface area (Å²) in [6.45, 7) is 1.63. The second-order valence-electron chi connectivity index (χ2n) is 4.11. The topological polar surface area (TPSA) is 72.2 Å². The van der Waals surface area contributed by atoms with Crippen LogP contribution in [0, 0.1) is 12.7 Å². The maximum absolute atomic E-state index is 13.5. The van der Waals surface area contributed by atoms with Crippen molar-refractivity contribution < 1.29 is 12.8 Å². The molecule has 0 atom stereocenters. The van der Waals surface area contributed by atoms with Crippen molar-refractivity contribution in [3.05, 3.63) is 53.8 Å². The maximum atomic E-state index is 13.5. The number of para-hydroxylation sites is 1. The predicted octanol–water partition coefficient (Wildman–Crippen LogP) is 2.52. The van der Waals surface area contributed by atoms with E-state index in [2.05, 4.69) is 4.72 Å². The molecule has 0 aliphatic carbocycles. The lowest BCUT2D eigenvalue weighted by Gasteiger charge is -2.11. The van der Waals surface area contributed by atoms with Crippen LogP contribution in [0.15, 0.2) is 47.4 Å². The van der Waals surface area contributed by atoms with Crippen molar-refractivity contribution in [2.24, 2.45) is 0 Å². The summed E-state index contributed by atoms with van der Waals surface area (Å²) in [6, 6.07) is 10.0. The summed E-state index contributed by atoms with van der Waals surface area (Å²) in [7, 11) is -3.83. The number of hydrogen-bond acceptors (Lipinski definition) is 3. The molecular weight excluding hydrogens is 267 g/mol. The molecule has 0 unspecified atom stereocenters. The van der Waals surface area contributed by atoms with Crippen LogP contribution in [0.2, 0.25) is 0 Å². The number of benzene rings is 2. The number of nitrogens with two attached hydrogens (primary N) is 1. The van der Waals surface area contributed by atoms with Crippen LogP contribution in [-0.2, 0) is 10.0 Å². The van der Waals surface area contributed by atoms with E-state index in [9.17, 15) is 12.8 Å². The largest absolute Gasteiger partial charge is 0.399 e. The summed E-state index contributed by atoms with van der Waals surface area (Å²) in [5.41, 5.74) is 6.47. The summed E-state index contributed by atoms with van der Waals surface area (Å²) in [5.74, 6) is -0.626. The van der Waals surface area contributed by atoms with Gasteiger partial charge in [0.25, 0.3) is 10.0 Å². The van der Waals surface area contributed by atoms with Gasteiger partial charge in [-0.15, -0.1) is 0 Å². The highest BCUT2D eigenvalue weighted by atomic mass is 32.2. The molecule has 0 fully saturated rings. The molecule has 0 saturated carbocycles. The smallest absolute Gasteiger partial charge is 0.262 e. The van der Waals surface area contributed by atoms with Crippen LogP contribution in [0.1, 0.15) is 5.56 Å². The van der Waals surface area contributed by atoms with Crippen LogP contribution in [0.5, 0.6) is 0 Å². The van der Waals surface area contributed by atoms with Crippen molar-refractivity contribution in [1.29, 1.82) is 0 Å². The number of sulfonamides is 1. The average molecular weight is 280 g/mol. The van der Waals surface area contributed by atoms with Gasteiger partial charge in [0.05, 0.1) is 10.6 Å². The van der Waals surface area contributed by atoms with Gasteiger partial charge in [-0.25, -0.2) is 12.8 Å². The second kappa shape index (κ2) is 4.89. The van der Waals surface area contributed by atoms with Crippen molar-refractivity contribution in [3.63, 3.8) is 0 Å². The minimum absolute atomic E-state index is 0.0740. The molecule has 100 valence electrons. The van der Waals surface area contributed by atoms with Gasteiger partial charge >= 0.3 is 0 Å². The standard InChI is InChI=1S/C13H13FN2O2S/c1-9-8-10(15)6-7-13(9)19(17,18)16-12-5-3-2-4-11(12)14/h2-8,16H,15H2,1H3. The molecule has 2 rings (SSSR count). The van der Waals surface area contributed by atoms with Gasteiger partial charge in [-0.05, 0) is 42.8 Å². The first kappa shape index (κ1) is 13.4. The van der Waals surface area contributed by atoms with E-state index in [0.717, 1.165) is 0 Å². The zero-order valence-corrected chi connectivity index (χ0v) is 11.0. The number of rotatable bonds is 3. The Bertz CT molecular complexity index is 714. The Morgan fingerprint density at radius 2 is 1.84 bits per heavy atom. The molecule has 0 saturated heterocycles. The van der Waals surface area contributed by atoms with E-state index in [1.165, 1.54) is 30.3 Å². The lowest BCUT2D eigenvalue weighted by atomic mass is 10.2. The summed E-state index contributed by atoms with van der Waals surface area (Å²) in [6.07, 6.45) is 0.